The third kappa shape index (κ3) is 8.31. The predicted octanol–water partition coefficient (Wildman–Crippen LogP) is 2.97. The summed E-state index contributed by atoms with van der Waals surface area (Å²) in [6, 6.07) is 0. The first-order valence-corrected chi connectivity index (χ1v) is 19.0. The molecule has 1 atom stereocenters. The molecule has 0 aromatic carbocycles. The van der Waals surface area contributed by atoms with Crippen LogP contribution in [0.4, 0.5) is 13.2 Å². The van der Waals surface area contributed by atoms with Gasteiger partial charge in [0.1, 0.15) is 11.4 Å². The molecule has 1 unspecified atom stereocenters. The van der Waals surface area contributed by atoms with E-state index in [1.165, 1.54) is 44.9 Å². The van der Waals surface area contributed by atoms with Crippen molar-refractivity contribution in [2.24, 2.45) is 28.2 Å². The Kier molecular flexibility index (Phi) is 11.7. The van der Waals surface area contributed by atoms with E-state index in [1.54, 1.807) is 45.4 Å². The first-order valence-electron chi connectivity index (χ1n) is 15.6. The molecule has 4 aromatic heterocycles. The van der Waals surface area contributed by atoms with Crippen LogP contribution in [0.1, 0.15) is 52.4 Å². The van der Waals surface area contributed by atoms with Crippen molar-refractivity contribution in [1.82, 2.24) is 37.4 Å². The van der Waals surface area contributed by atoms with Gasteiger partial charge in [-0.25, -0.2) is 19.6 Å². The summed E-state index contributed by atoms with van der Waals surface area (Å²) in [5.74, 6) is 0.118. The minimum atomic E-state index is -4.49. The summed E-state index contributed by atoms with van der Waals surface area (Å²) < 4.78 is 54.1. The first kappa shape index (κ1) is 38.4. The van der Waals surface area contributed by atoms with Gasteiger partial charge in [0.25, 0.3) is 11.1 Å². The molecule has 48 heavy (non-hydrogen) atoms. The van der Waals surface area contributed by atoms with Gasteiger partial charge in [-0.1, -0.05) is 0 Å². The van der Waals surface area contributed by atoms with Gasteiger partial charge in [-0.2, -0.15) is 13.2 Å². The second-order valence-corrected chi connectivity index (χ2v) is 17.6. The van der Waals surface area contributed by atoms with E-state index >= 15 is 0 Å². The van der Waals surface area contributed by atoms with Crippen LogP contribution in [-0.2, 0) is 50.5 Å². The zero-order valence-electron chi connectivity index (χ0n) is 29.0. The lowest BCUT2D eigenvalue weighted by atomic mass is 9.98. The smallest absolute Gasteiger partial charge is 0.404 e. The number of Topliss-reactive ketones (excluding diaryl/α,β-unsaturated/α-hetero) is 1. The van der Waals surface area contributed by atoms with E-state index in [0.29, 0.717) is 37.0 Å². The van der Waals surface area contributed by atoms with Gasteiger partial charge < -0.3 is 18.4 Å². The summed E-state index contributed by atoms with van der Waals surface area (Å²) in [5.41, 5.74) is -2.59. The van der Waals surface area contributed by atoms with Gasteiger partial charge in [-0.05, 0) is 65.6 Å². The Morgan fingerprint density at radius 1 is 0.771 bits per heavy atom. The molecule has 0 radical (unpaired) electrons. The normalized spacial score (nSPS) is 13.5. The minimum Gasteiger partial charge on any atom is -0.404 e. The Bertz CT molecular complexity index is 2030. The van der Waals surface area contributed by atoms with Crippen molar-refractivity contribution in [3.8, 4) is 0 Å². The van der Waals surface area contributed by atoms with Crippen LogP contribution in [0.3, 0.4) is 0 Å². The highest BCUT2D eigenvalue weighted by molar-refractivity contribution is 6.69. The van der Waals surface area contributed by atoms with Crippen LogP contribution in [0, 0.1) is 0 Å². The van der Waals surface area contributed by atoms with Crippen molar-refractivity contribution >= 4 is 36.4 Å². The number of carbonyl (C=O) groups excluding carboxylic acids is 1. The zero-order valence-corrected chi connectivity index (χ0v) is 30.0. The van der Waals surface area contributed by atoms with Crippen LogP contribution in [0.25, 0.3) is 22.3 Å². The summed E-state index contributed by atoms with van der Waals surface area (Å²) >= 11 is 0. The molecule has 0 aliphatic carbocycles. The zero-order chi connectivity index (χ0) is 36.4. The molecule has 18 heteroatoms. The molecule has 14 nitrogen and oxygen atoms in total. The maximum atomic E-state index is 13.5. The highest BCUT2D eigenvalue weighted by Gasteiger charge is 2.53. The minimum absolute atomic E-state index is 0.0352. The summed E-state index contributed by atoms with van der Waals surface area (Å²) in [4.78, 5) is 68.5. The highest BCUT2D eigenvalue weighted by atomic mass is 28.4. The number of aromatic nitrogens is 8. The molecule has 0 aliphatic rings. The number of aryl methyl sites for hydroxylation is 4. The second-order valence-electron chi connectivity index (χ2n) is 13.2. The number of rotatable bonds is 12. The predicted molar refractivity (Wildman–Crippen MR) is 178 cm³/mol. The van der Waals surface area contributed by atoms with Gasteiger partial charge in [0.2, 0.25) is 0 Å². The van der Waals surface area contributed by atoms with Crippen LogP contribution >= 0.6 is 0 Å². The summed E-state index contributed by atoms with van der Waals surface area (Å²) in [5, 5.41) is 0. The lowest BCUT2D eigenvalue weighted by Gasteiger charge is -2.37. The number of nitrogens with zero attached hydrogens (tertiary/aromatic N) is 8. The van der Waals surface area contributed by atoms with Crippen molar-refractivity contribution in [2.75, 3.05) is 0 Å². The summed E-state index contributed by atoms with van der Waals surface area (Å²) in [6.45, 7) is 8.09. The Morgan fingerprint density at radius 2 is 1.19 bits per heavy atom. The average Bonchev–Trinajstić information content (AvgIpc) is 3.55. The summed E-state index contributed by atoms with van der Waals surface area (Å²) in [6.07, 6.45) is 0.426. The SMILES string of the molecule is CC(=O)CCCCn1c(=O)c2c(ncn2C)n(C)c1=O.Cn1cnc2c1c(=O)n(CCCCC(C)(O[Si](C)(C)C)C(F)(F)F)c(=O)n2C. The fraction of sp³-hybridized carbons (Fsp3) is 0.633. The van der Waals surface area contributed by atoms with Crippen LogP contribution in [0.2, 0.25) is 19.6 Å². The molecule has 0 fully saturated rings. The Morgan fingerprint density at radius 3 is 1.56 bits per heavy atom. The van der Waals surface area contributed by atoms with E-state index in [0.717, 1.165) is 11.5 Å². The molecule has 0 saturated carbocycles. The van der Waals surface area contributed by atoms with Gasteiger partial charge in [-0.3, -0.25) is 27.9 Å². The van der Waals surface area contributed by atoms with Crippen molar-refractivity contribution in [3.05, 3.63) is 54.3 Å². The van der Waals surface area contributed by atoms with Crippen LogP contribution in [-0.4, -0.2) is 63.2 Å². The summed E-state index contributed by atoms with van der Waals surface area (Å²) in [7, 11) is 4.06. The molecule has 0 amide bonds. The van der Waals surface area contributed by atoms with Gasteiger partial charge in [-0.15, -0.1) is 0 Å². The number of ketones is 1. The number of hydrogen-bond acceptors (Lipinski definition) is 8. The van der Waals surface area contributed by atoms with E-state index in [4.69, 9.17) is 4.43 Å². The quantitative estimate of drug-likeness (QED) is 0.162. The molecular formula is C30H45F3N8O6Si. The Hall–Kier alpha value is -4.06. The van der Waals surface area contributed by atoms with Crippen molar-refractivity contribution in [2.45, 2.75) is 96.9 Å². The third-order valence-corrected chi connectivity index (χ3v) is 9.04. The second kappa shape index (κ2) is 14.6. The fourth-order valence-corrected chi connectivity index (χ4v) is 7.06. The highest BCUT2D eigenvalue weighted by Crippen LogP contribution is 2.39. The number of alkyl halides is 3. The number of fused-ring (bicyclic) bond motifs is 2. The molecular weight excluding hydrogens is 653 g/mol. The molecule has 4 rings (SSSR count). The van der Waals surface area contributed by atoms with Crippen molar-refractivity contribution in [3.63, 3.8) is 0 Å². The third-order valence-electron chi connectivity index (χ3n) is 7.98. The van der Waals surface area contributed by atoms with Gasteiger partial charge in [0, 0.05) is 47.7 Å². The van der Waals surface area contributed by atoms with E-state index < -0.39 is 31.3 Å². The van der Waals surface area contributed by atoms with E-state index in [2.05, 4.69) is 9.97 Å². The Labute approximate surface area is 275 Å². The lowest BCUT2D eigenvalue weighted by Crippen LogP contribution is -2.51. The van der Waals surface area contributed by atoms with Crippen molar-refractivity contribution in [1.29, 1.82) is 0 Å². The van der Waals surface area contributed by atoms with E-state index in [9.17, 15) is 37.1 Å². The molecule has 0 bridgehead atoms. The maximum Gasteiger partial charge on any atom is 0.416 e. The number of halogens is 3. The molecule has 4 heterocycles. The first-order chi connectivity index (χ1) is 22.1. The Balaban J connectivity index is 0.000000275. The average molecular weight is 699 g/mol. The molecule has 0 saturated heterocycles. The van der Waals surface area contributed by atoms with Crippen LogP contribution in [0.5, 0.6) is 0 Å². The standard InChI is InChI=1S/C17H27F3N4O3Si.C13H18N4O3/c1-16(17(18,19)20,27-28(4,5)6)9-7-8-10-24-14(25)12-13(21-11-22(12)2)23(3)15(24)26;1-9(18)6-4-5-7-17-12(19)10-11(14-8-15(10)2)16(3)13(17)20/h11H,7-10H2,1-6H3;8H,4-7H2,1-3H3. The van der Waals surface area contributed by atoms with Gasteiger partial charge >= 0.3 is 17.6 Å². The number of unbranched alkanes of at least 4 members (excludes halogenated alkanes) is 2. The van der Waals surface area contributed by atoms with Crippen LogP contribution in [0.15, 0.2) is 31.8 Å². The van der Waals surface area contributed by atoms with E-state index in [1.807, 2.05) is 0 Å². The molecule has 266 valence electrons. The van der Waals surface area contributed by atoms with E-state index in [-0.39, 0.29) is 54.0 Å². The number of hydrogen-bond donors (Lipinski definition) is 0. The molecule has 0 spiro atoms. The van der Waals surface area contributed by atoms with Crippen molar-refractivity contribution < 1.29 is 22.4 Å². The molecule has 4 aromatic rings. The molecule has 0 aliphatic heterocycles. The largest absolute Gasteiger partial charge is 0.416 e. The topological polar surface area (TPSA) is 150 Å². The van der Waals surface area contributed by atoms with Gasteiger partial charge in [0.05, 0.1) is 12.7 Å². The maximum absolute atomic E-state index is 13.5. The fourth-order valence-electron chi connectivity index (χ4n) is 5.49. The monoisotopic (exact) mass is 698 g/mol. The number of imidazole rings is 2. The van der Waals surface area contributed by atoms with Gasteiger partial charge in [0.15, 0.2) is 30.6 Å². The van der Waals surface area contributed by atoms with Crippen LogP contribution < -0.4 is 22.5 Å². The molecule has 0 N–H and O–H groups in total. The number of carbonyl (C=O) groups is 1. The lowest BCUT2D eigenvalue weighted by molar-refractivity contribution is -0.247.